The Balaban J connectivity index is 1.52. The summed E-state index contributed by atoms with van der Waals surface area (Å²) < 4.78 is 5.49. The number of piperazine rings is 1. The van der Waals surface area contributed by atoms with Gasteiger partial charge in [-0.15, -0.1) is 0 Å². The summed E-state index contributed by atoms with van der Waals surface area (Å²) in [5.74, 6) is -0.562. The van der Waals surface area contributed by atoms with Crippen LogP contribution in [-0.2, 0) is 16.1 Å². The topological polar surface area (TPSA) is 61.9 Å². The molecular formula is C21H25N3O3. The highest BCUT2D eigenvalue weighted by Crippen LogP contribution is 2.23. The maximum absolute atomic E-state index is 12.5. The van der Waals surface area contributed by atoms with E-state index in [1.807, 2.05) is 31.2 Å². The maximum Gasteiger partial charge on any atom is 0.314 e. The number of amides is 2. The molecule has 1 aliphatic rings. The van der Waals surface area contributed by atoms with Crippen molar-refractivity contribution in [2.45, 2.75) is 13.5 Å². The van der Waals surface area contributed by atoms with E-state index in [4.69, 9.17) is 4.74 Å². The zero-order valence-electron chi connectivity index (χ0n) is 15.6. The molecule has 1 aliphatic heterocycles. The third-order valence-electron chi connectivity index (χ3n) is 4.54. The van der Waals surface area contributed by atoms with Crippen molar-refractivity contribution >= 4 is 17.5 Å². The highest BCUT2D eigenvalue weighted by Gasteiger charge is 2.26. The van der Waals surface area contributed by atoms with Gasteiger partial charge in [-0.25, -0.2) is 0 Å². The standard InChI is InChI=1S/C21H25N3O3/c1-2-27-19-11-7-6-10-18(19)22-20(25)21(26)24-14-12-23(13-15-24)16-17-8-4-3-5-9-17/h3-11H,2,12-16H2,1H3,(H,22,25). The normalized spacial score (nSPS) is 14.6. The quantitative estimate of drug-likeness (QED) is 0.824. The van der Waals surface area contributed by atoms with Gasteiger partial charge in [0.2, 0.25) is 0 Å². The molecule has 0 atom stereocenters. The van der Waals surface area contributed by atoms with Crippen LogP contribution in [0, 0.1) is 0 Å². The molecule has 6 heteroatoms. The van der Waals surface area contributed by atoms with Crippen molar-refractivity contribution in [3.05, 3.63) is 60.2 Å². The molecule has 1 heterocycles. The molecule has 3 rings (SSSR count). The van der Waals surface area contributed by atoms with E-state index in [1.165, 1.54) is 5.56 Å². The summed E-state index contributed by atoms with van der Waals surface area (Å²) in [6.45, 7) is 5.82. The molecule has 0 saturated carbocycles. The van der Waals surface area contributed by atoms with Gasteiger partial charge in [-0.05, 0) is 24.6 Å². The zero-order chi connectivity index (χ0) is 19.1. The highest BCUT2D eigenvalue weighted by atomic mass is 16.5. The van der Waals surface area contributed by atoms with Gasteiger partial charge in [0.05, 0.1) is 12.3 Å². The van der Waals surface area contributed by atoms with Crippen LogP contribution in [0.15, 0.2) is 54.6 Å². The summed E-state index contributed by atoms with van der Waals surface area (Å²) in [5.41, 5.74) is 1.77. The van der Waals surface area contributed by atoms with Gasteiger partial charge in [0.1, 0.15) is 5.75 Å². The van der Waals surface area contributed by atoms with Crippen LogP contribution >= 0.6 is 0 Å². The zero-order valence-corrected chi connectivity index (χ0v) is 15.6. The lowest BCUT2D eigenvalue weighted by molar-refractivity contribution is -0.144. The molecule has 1 fully saturated rings. The number of rotatable bonds is 5. The predicted octanol–water partition coefficient (Wildman–Crippen LogP) is 2.37. The van der Waals surface area contributed by atoms with Gasteiger partial charge in [-0.1, -0.05) is 42.5 Å². The molecule has 0 aliphatic carbocycles. The second-order valence-electron chi connectivity index (χ2n) is 6.44. The molecule has 6 nitrogen and oxygen atoms in total. The average molecular weight is 367 g/mol. The minimum absolute atomic E-state index is 0.490. The number of ether oxygens (including phenoxy) is 1. The molecular weight excluding hydrogens is 342 g/mol. The third kappa shape index (κ3) is 5.08. The van der Waals surface area contributed by atoms with Crippen molar-refractivity contribution in [3.63, 3.8) is 0 Å². The minimum Gasteiger partial charge on any atom is -0.492 e. The van der Waals surface area contributed by atoms with Crippen molar-refractivity contribution in [1.82, 2.24) is 9.80 Å². The molecule has 0 bridgehead atoms. The lowest BCUT2D eigenvalue weighted by atomic mass is 10.2. The van der Waals surface area contributed by atoms with E-state index in [0.717, 1.165) is 19.6 Å². The largest absolute Gasteiger partial charge is 0.492 e. The molecule has 0 spiro atoms. The Bertz CT molecular complexity index is 771. The second kappa shape index (κ2) is 9.19. The Labute approximate surface area is 159 Å². The Hall–Kier alpha value is -2.86. The van der Waals surface area contributed by atoms with Crippen LogP contribution in [0.5, 0.6) is 5.75 Å². The van der Waals surface area contributed by atoms with Crippen LogP contribution < -0.4 is 10.1 Å². The number of hydrogen-bond donors (Lipinski definition) is 1. The molecule has 1 saturated heterocycles. The Morgan fingerprint density at radius 2 is 1.63 bits per heavy atom. The van der Waals surface area contributed by atoms with Crippen molar-refractivity contribution in [2.24, 2.45) is 0 Å². The maximum atomic E-state index is 12.5. The van der Waals surface area contributed by atoms with Crippen LogP contribution in [0.1, 0.15) is 12.5 Å². The van der Waals surface area contributed by atoms with Crippen molar-refractivity contribution in [1.29, 1.82) is 0 Å². The van der Waals surface area contributed by atoms with Gasteiger partial charge >= 0.3 is 11.8 Å². The first kappa shape index (κ1) is 18.9. The summed E-state index contributed by atoms with van der Waals surface area (Å²) in [6.07, 6.45) is 0. The van der Waals surface area contributed by atoms with Crippen molar-refractivity contribution in [2.75, 3.05) is 38.1 Å². The number of hydrogen-bond acceptors (Lipinski definition) is 4. The van der Waals surface area contributed by atoms with Gasteiger partial charge in [-0.2, -0.15) is 0 Å². The summed E-state index contributed by atoms with van der Waals surface area (Å²) >= 11 is 0. The number of nitrogens with one attached hydrogen (secondary N) is 1. The van der Waals surface area contributed by atoms with Crippen LogP contribution in [0.3, 0.4) is 0 Å². The summed E-state index contributed by atoms with van der Waals surface area (Å²) in [6, 6.07) is 17.4. The fraction of sp³-hybridized carbons (Fsp3) is 0.333. The smallest absolute Gasteiger partial charge is 0.314 e. The molecule has 2 amide bonds. The molecule has 0 aromatic heterocycles. The first-order valence-corrected chi connectivity index (χ1v) is 9.25. The molecule has 142 valence electrons. The lowest BCUT2D eigenvalue weighted by Crippen LogP contribution is -2.51. The number of benzene rings is 2. The molecule has 2 aromatic rings. The van der Waals surface area contributed by atoms with E-state index in [0.29, 0.717) is 31.1 Å². The monoisotopic (exact) mass is 367 g/mol. The Morgan fingerprint density at radius 1 is 0.963 bits per heavy atom. The van der Waals surface area contributed by atoms with Crippen LogP contribution in [0.25, 0.3) is 0 Å². The minimum atomic E-state index is -0.626. The van der Waals surface area contributed by atoms with E-state index in [2.05, 4.69) is 22.3 Å². The number of carbonyl (C=O) groups is 2. The van der Waals surface area contributed by atoms with E-state index in [9.17, 15) is 9.59 Å². The van der Waals surface area contributed by atoms with E-state index in [1.54, 1.807) is 23.1 Å². The predicted molar refractivity (Wildman–Crippen MR) is 105 cm³/mol. The van der Waals surface area contributed by atoms with Gasteiger partial charge in [-0.3, -0.25) is 14.5 Å². The number of carbonyl (C=O) groups excluding carboxylic acids is 2. The Morgan fingerprint density at radius 3 is 2.33 bits per heavy atom. The lowest BCUT2D eigenvalue weighted by Gasteiger charge is -2.34. The first-order valence-electron chi connectivity index (χ1n) is 9.25. The van der Waals surface area contributed by atoms with Crippen LogP contribution in [0.4, 0.5) is 5.69 Å². The van der Waals surface area contributed by atoms with E-state index < -0.39 is 11.8 Å². The van der Waals surface area contributed by atoms with Crippen LogP contribution in [0.2, 0.25) is 0 Å². The molecule has 27 heavy (non-hydrogen) atoms. The SMILES string of the molecule is CCOc1ccccc1NC(=O)C(=O)N1CCN(Cc2ccccc2)CC1. The van der Waals surface area contributed by atoms with Gasteiger partial charge in [0, 0.05) is 32.7 Å². The molecule has 0 unspecified atom stereocenters. The number of nitrogens with zero attached hydrogens (tertiary/aromatic N) is 2. The fourth-order valence-corrected chi connectivity index (χ4v) is 3.12. The number of anilines is 1. The molecule has 2 aromatic carbocycles. The molecule has 0 radical (unpaired) electrons. The van der Waals surface area contributed by atoms with Crippen molar-refractivity contribution < 1.29 is 14.3 Å². The average Bonchev–Trinajstić information content (AvgIpc) is 2.70. The van der Waals surface area contributed by atoms with Gasteiger partial charge in [0.25, 0.3) is 0 Å². The van der Waals surface area contributed by atoms with Gasteiger partial charge in [0.15, 0.2) is 0 Å². The highest BCUT2D eigenvalue weighted by molar-refractivity contribution is 6.39. The van der Waals surface area contributed by atoms with Crippen molar-refractivity contribution in [3.8, 4) is 5.75 Å². The number of para-hydroxylation sites is 2. The Kier molecular flexibility index (Phi) is 6.44. The summed E-state index contributed by atoms with van der Waals surface area (Å²) in [4.78, 5) is 28.8. The third-order valence-corrected chi connectivity index (χ3v) is 4.54. The first-order chi connectivity index (χ1) is 13.2. The van der Waals surface area contributed by atoms with E-state index >= 15 is 0 Å². The molecule has 1 N–H and O–H groups in total. The summed E-state index contributed by atoms with van der Waals surface area (Å²) in [5, 5.41) is 2.67. The summed E-state index contributed by atoms with van der Waals surface area (Å²) in [7, 11) is 0. The van der Waals surface area contributed by atoms with E-state index in [-0.39, 0.29) is 0 Å². The second-order valence-corrected chi connectivity index (χ2v) is 6.44. The van der Waals surface area contributed by atoms with Crippen LogP contribution in [-0.4, -0.2) is 54.4 Å². The fourth-order valence-electron chi connectivity index (χ4n) is 3.12. The van der Waals surface area contributed by atoms with Gasteiger partial charge < -0.3 is 15.0 Å².